The number of hydrogen-bond donors (Lipinski definition) is 1. The van der Waals surface area contributed by atoms with Crippen LogP contribution < -0.4 is 5.56 Å². The number of nitrogens with zero attached hydrogens (tertiary/aromatic N) is 2. The molecule has 0 saturated heterocycles. The van der Waals surface area contributed by atoms with Crippen LogP contribution in [0.2, 0.25) is 0 Å². The highest BCUT2D eigenvalue weighted by atomic mass is 16.6. The Hall–Kier alpha value is -4.71. The fraction of sp³-hybridized carbons (Fsp3) is 0. The summed E-state index contributed by atoms with van der Waals surface area (Å²) in [6.45, 7) is 0. The van der Waals surface area contributed by atoms with Gasteiger partial charge in [-0.15, -0.1) is 0 Å². The molecule has 6 aromatic rings. The quantitative estimate of drug-likeness (QED) is 0.268. The molecule has 0 amide bonds. The third-order valence-electron chi connectivity index (χ3n) is 6.05. The summed E-state index contributed by atoms with van der Waals surface area (Å²) in [6, 6.07) is 30.0. The zero-order valence-electron chi connectivity index (χ0n) is 17.4. The molecule has 2 heterocycles. The van der Waals surface area contributed by atoms with Gasteiger partial charge in [-0.1, -0.05) is 54.6 Å². The average Bonchev–Trinajstić information content (AvgIpc) is 3.20. The molecule has 33 heavy (non-hydrogen) atoms. The van der Waals surface area contributed by atoms with E-state index in [1.807, 2.05) is 72.8 Å². The molecule has 0 aliphatic heterocycles. The molecular formula is C27H17N3O3. The Morgan fingerprint density at radius 1 is 0.788 bits per heavy atom. The Morgan fingerprint density at radius 3 is 2.33 bits per heavy atom. The van der Waals surface area contributed by atoms with Crippen molar-refractivity contribution in [3.8, 4) is 16.8 Å². The summed E-state index contributed by atoms with van der Waals surface area (Å²) in [6.07, 6.45) is 0. The molecule has 6 heteroatoms. The first-order valence-electron chi connectivity index (χ1n) is 10.5. The van der Waals surface area contributed by atoms with E-state index in [1.165, 1.54) is 6.07 Å². The molecule has 0 saturated carbocycles. The molecule has 2 aromatic heterocycles. The lowest BCUT2D eigenvalue weighted by atomic mass is 10.0. The van der Waals surface area contributed by atoms with Crippen molar-refractivity contribution in [1.82, 2.24) is 9.55 Å². The normalized spacial score (nSPS) is 11.4. The summed E-state index contributed by atoms with van der Waals surface area (Å²) in [5.74, 6) is 0. The topological polar surface area (TPSA) is 80.9 Å². The van der Waals surface area contributed by atoms with E-state index in [9.17, 15) is 14.9 Å². The van der Waals surface area contributed by atoms with Gasteiger partial charge in [0.2, 0.25) is 0 Å². The summed E-state index contributed by atoms with van der Waals surface area (Å²) in [5.41, 5.74) is 4.42. The molecular weight excluding hydrogens is 414 g/mol. The van der Waals surface area contributed by atoms with Crippen LogP contribution in [-0.4, -0.2) is 14.5 Å². The lowest BCUT2D eigenvalue weighted by molar-refractivity contribution is -0.384. The van der Waals surface area contributed by atoms with E-state index >= 15 is 0 Å². The highest BCUT2D eigenvalue weighted by molar-refractivity contribution is 6.18. The van der Waals surface area contributed by atoms with Gasteiger partial charge in [-0.05, 0) is 42.0 Å². The lowest BCUT2D eigenvalue weighted by Gasteiger charge is -2.09. The number of para-hydroxylation sites is 3. The summed E-state index contributed by atoms with van der Waals surface area (Å²) >= 11 is 0. The maximum absolute atomic E-state index is 13.3. The predicted molar refractivity (Wildman–Crippen MR) is 131 cm³/mol. The molecule has 0 atom stereocenters. The highest BCUT2D eigenvalue weighted by Gasteiger charge is 2.20. The van der Waals surface area contributed by atoms with Gasteiger partial charge in [0, 0.05) is 22.5 Å². The van der Waals surface area contributed by atoms with E-state index < -0.39 is 0 Å². The molecule has 4 aromatic carbocycles. The average molecular weight is 431 g/mol. The molecule has 0 unspecified atom stereocenters. The van der Waals surface area contributed by atoms with Crippen molar-refractivity contribution >= 4 is 38.4 Å². The monoisotopic (exact) mass is 431 g/mol. The highest BCUT2D eigenvalue weighted by Crippen LogP contribution is 2.37. The summed E-state index contributed by atoms with van der Waals surface area (Å²) < 4.78 is 2.09. The minimum absolute atomic E-state index is 0.0306. The number of rotatable bonds is 3. The number of nitro benzene ring substituents is 1. The van der Waals surface area contributed by atoms with Gasteiger partial charge >= 0.3 is 0 Å². The second kappa shape index (κ2) is 7.17. The van der Waals surface area contributed by atoms with E-state index in [2.05, 4.69) is 9.55 Å². The van der Waals surface area contributed by atoms with Gasteiger partial charge in [-0.3, -0.25) is 14.9 Å². The van der Waals surface area contributed by atoms with Gasteiger partial charge in [0.15, 0.2) is 0 Å². The van der Waals surface area contributed by atoms with Crippen molar-refractivity contribution < 1.29 is 4.92 Å². The van der Waals surface area contributed by atoms with Gasteiger partial charge in [-0.2, -0.15) is 0 Å². The van der Waals surface area contributed by atoms with Crippen LogP contribution in [0.4, 0.5) is 5.69 Å². The number of aromatic amines is 1. The van der Waals surface area contributed by atoms with Gasteiger partial charge in [0.05, 0.1) is 32.4 Å². The zero-order valence-corrected chi connectivity index (χ0v) is 17.4. The van der Waals surface area contributed by atoms with Crippen LogP contribution in [0.15, 0.2) is 102 Å². The largest absolute Gasteiger partial charge is 0.321 e. The van der Waals surface area contributed by atoms with Gasteiger partial charge in [0.1, 0.15) is 0 Å². The second-order valence-electron chi connectivity index (χ2n) is 7.90. The minimum Gasteiger partial charge on any atom is -0.321 e. The maximum Gasteiger partial charge on any atom is 0.277 e. The van der Waals surface area contributed by atoms with Crippen LogP contribution in [0, 0.1) is 10.1 Å². The van der Waals surface area contributed by atoms with Gasteiger partial charge < -0.3 is 9.55 Å². The fourth-order valence-corrected chi connectivity index (χ4v) is 4.65. The van der Waals surface area contributed by atoms with Crippen LogP contribution in [-0.2, 0) is 0 Å². The van der Waals surface area contributed by atoms with E-state index in [0.717, 1.165) is 33.0 Å². The SMILES string of the molecule is O=c1[nH]c2ccccc2c2c1c1cc(-c3ccccc3[N+](=O)[O-])ccc1n2-c1ccccc1. The standard InChI is InChI=1S/C27H17N3O3/c31-27-25-21-16-17(19-10-5-7-13-24(19)30(32)33)14-15-23(21)29(18-8-2-1-3-9-18)26(25)20-11-4-6-12-22(20)28-27/h1-16H,(H,28,31). The van der Waals surface area contributed by atoms with Crippen LogP contribution in [0.25, 0.3) is 49.5 Å². The Labute approximate surface area is 187 Å². The fourth-order valence-electron chi connectivity index (χ4n) is 4.65. The van der Waals surface area contributed by atoms with Crippen LogP contribution >= 0.6 is 0 Å². The van der Waals surface area contributed by atoms with Crippen molar-refractivity contribution in [3.63, 3.8) is 0 Å². The van der Waals surface area contributed by atoms with E-state index in [0.29, 0.717) is 16.5 Å². The molecule has 0 aliphatic rings. The Bertz CT molecular complexity index is 1770. The van der Waals surface area contributed by atoms with Crippen molar-refractivity contribution in [3.05, 3.63) is 118 Å². The number of H-pyrrole nitrogens is 1. The number of hydrogen-bond acceptors (Lipinski definition) is 3. The summed E-state index contributed by atoms with van der Waals surface area (Å²) in [7, 11) is 0. The molecule has 0 bridgehead atoms. The van der Waals surface area contributed by atoms with Crippen molar-refractivity contribution in [2.75, 3.05) is 0 Å². The molecule has 158 valence electrons. The smallest absolute Gasteiger partial charge is 0.277 e. The first kappa shape index (κ1) is 19.0. The van der Waals surface area contributed by atoms with Crippen LogP contribution in [0.5, 0.6) is 0 Å². The number of nitrogens with one attached hydrogen (secondary N) is 1. The Balaban J connectivity index is 1.80. The molecule has 0 fully saturated rings. The predicted octanol–water partition coefficient (Wildman–Crippen LogP) is 6.20. The van der Waals surface area contributed by atoms with Crippen LogP contribution in [0.1, 0.15) is 0 Å². The third-order valence-corrected chi connectivity index (χ3v) is 6.05. The lowest BCUT2D eigenvalue weighted by Crippen LogP contribution is -2.06. The van der Waals surface area contributed by atoms with Crippen molar-refractivity contribution in [2.24, 2.45) is 0 Å². The number of benzene rings is 4. The Kier molecular flexibility index (Phi) is 4.13. The van der Waals surface area contributed by atoms with Crippen molar-refractivity contribution in [2.45, 2.75) is 0 Å². The Morgan fingerprint density at radius 2 is 1.52 bits per heavy atom. The molecule has 0 aliphatic carbocycles. The number of fused-ring (bicyclic) bond motifs is 5. The third kappa shape index (κ3) is 2.85. The summed E-state index contributed by atoms with van der Waals surface area (Å²) in [5, 5.41) is 13.8. The van der Waals surface area contributed by atoms with E-state index in [-0.39, 0.29) is 16.2 Å². The molecule has 0 radical (unpaired) electrons. The first-order valence-corrected chi connectivity index (χ1v) is 10.5. The second-order valence-corrected chi connectivity index (χ2v) is 7.90. The maximum atomic E-state index is 13.3. The van der Waals surface area contributed by atoms with Crippen LogP contribution in [0.3, 0.4) is 0 Å². The number of aromatic nitrogens is 2. The number of nitro groups is 1. The van der Waals surface area contributed by atoms with Crippen molar-refractivity contribution in [1.29, 1.82) is 0 Å². The molecule has 6 rings (SSSR count). The molecule has 6 nitrogen and oxygen atoms in total. The minimum atomic E-state index is -0.382. The van der Waals surface area contributed by atoms with E-state index in [4.69, 9.17) is 0 Å². The zero-order chi connectivity index (χ0) is 22.5. The van der Waals surface area contributed by atoms with Gasteiger partial charge in [-0.25, -0.2) is 0 Å². The van der Waals surface area contributed by atoms with E-state index in [1.54, 1.807) is 18.2 Å². The summed E-state index contributed by atoms with van der Waals surface area (Å²) in [4.78, 5) is 27.5. The molecule has 0 spiro atoms. The molecule has 1 N–H and O–H groups in total. The van der Waals surface area contributed by atoms with Gasteiger partial charge in [0.25, 0.3) is 11.2 Å². The number of pyridine rings is 1. The first-order chi connectivity index (χ1) is 16.1.